The van der Waals surface area contributed by atoms with Crippen LogP contribution in [0.3, 0.4) is 0 Å². The summed E-state index contributed by atoms with van der Waals surface area (Å²) in [4.78, 5) is 2.50. The maximum Gasteiger partial charge on any atom is 0.174 e. The fourth-order valence-corrected chi connectivity index (χ4v) is 2.94. The third kappa shape index (κ3) is 2.35. The van der Waals surface area contributed by atoms with Crippen LogP contribution in [0, 0.1) is 0 Å². The van der Waals surface area contributed by atoms with Crippen molar-refractivity contribution in [3.63, 3.8) is 0 Å². The number of rotatable bonds is 3. The first-order valence-corrected chi connectivity index (χ1v) is 5.69. The van der Waals surface area contributed by atoms with E-state index in [2.05, 4.69) is 32.6 Å². The first kappa shape index (κ1) is 12.9. The maximum atomic E-state index is 5.45. The number of hydrogen-bond acceptors (Lipinski definition) is 3. The van der Waals surface area contributed by atoms with E-state index < -0.39 is 0 Å². The summed E-state index contributed by atoms with van der Waals surface area (Å²) in [6.45, 7) is 10.1. The second-order valence-electron chi connectivity index (χ2n) is 5.59. The first-order chi connectivity index (χ1) is 6.86. The highest BCUT2D eigenvalue weighted by Crippen LogP contribution is 2.38. The van der Waals surface area contributed by atoms with Gasteiger partial charge >= 0.3 is 0 Å². The van der Waals surface area contributed by atoms with E-state index >= 15 is 0 Å². The second-order valence-corrected chi connectivity index (χ2v) is 5.59. The Labute approximate surface area is 93.7 Å². The summed E-state index contributed by atoms with van der Waals surface area (Å²) in [6, 6.07) is 0. The van der Waals surface area contributed by atoms with E-state index in [0.717, 1.165) is 13.0 Å². The molecule has 0 N–H and O–H groups in total. The van der Waals surface area contributed by atoms with Crippen molar-refractivity contribution in [1.29, 1.82) is 0 Å². The van der Waals surface area contributed by atoms with Gasteiger partial charge in [0.15, 0.2) is 6.29 Å². The Kier molecular flexibility index (Phi) is 3.80. The van der Waals surface area contributed by atoms with Gasteiger partial charge in [-0.3, -0.25) is 4.90 Å². The van der Waals surface area contributed by atoms with E-state index in [1.54, 1.807) is 14.2 Å². The van der Waals surface area contributed by atoms with Crippen LogP contribution in [-0.4, -0.2) is 43.0 Å². The van der Waals surface area contributed by atoms with Crippen LogP contribution in [0.5, 0.6) is 0 Å². The van der Waals surface area contributed by atoms with Crippen LogP contribution in [0.4, 0.5) is 0 Å². The van der Waals surface area contributed by atoms with Gasteiger partial charge in [-0.05, 0) is 47.1 Å². The summed E-state index contributed by atoms with van der Waals surface area (Å²) in [5.41, 5.74) is 0.169. The Morgan fingerprint density at radius 2 is 1.73 bits per heavy atom. The molecule has 0 aromatic heterocycles. The molecule has 0 spiro atoms. The molecule has 0 aromatic carbocycles. The lowest BCUT2D eigenvalue weighted by molar-refractivity contribution is -0.187. The average molecular weight is 215 g/mol. The lowest BCUT2D eigenvalue weighted by Crippen LogP contribution is -2.58. The van der Waals surface area contributed by atoms with Gasteiger partial charge in [-0.25, -0.2) is 0 Å². The Bertz CT molecular complexity index is 208. The Morgan fingerprint density at radius 3 is 2.13 bits per heavy atom. The van der Waals surface area contributed by atoms with Crippen molar-refractivity contribution >= 4 is 0 Å². The zero-order chi connectivity index (χ0) is 11.7. The van der Waals surface area contributed by atoms with Crippen LogP contribution in [-0.2, 0) is 9.47 Å². The molecule has 3 nitrogen and oxygen atoms in total. The molecule has 0 bridgehead atoms. The highest BCUT2D eigenvalue weighted by atomic mass is 16.7. The Morgan fingerprint density at radius 1 is 1.20 bits per heavy atom. The zero-order valence-corrected chi connectivity index (χ0v) is 11.0. The molecule has 0 aromatic rings. The van der Waals surface area contributed by atoms with Crippen LogP contribution < -0.4 is 0 Å². The summed E-state index contributed by atoms with van der Waals surface area (Å²) in [6.07, 6.45) is 2.22. The highest BCUT2D eigenvalue weighted by molar-refractivity contribution is 5.00. The standard InChI is InChI=1S/C12H25NO2/c1-11(2,3)13-9-7-8-12(13,4)10(14-5)15-6/h10H,7-9H2,1-6H3. The molecular weight excluding hydrogens is 190 g/mol. The Balaban J connectivity index is 2.90. The first-order valence-electron chi connectivity index (χ1n) is 5.69. The molecule has 0 amide bonds. The quantitative estimate of drug-likeness (QED) is 0.674. The van der Waals surface area contributed by atoms with E-state index in [4.69, 9.17) is 9.47 Å². The summed E-state index contributed by atoms with van der Waals surface area (Å²) >= 11 is 0. The van der Waals surface area contributed by atoms with Gasteiger partial charge in [0.25, 0.3) is 0 Å². The normalized spacial score (nSPS) is 29.0. The molecule has 1 rings (SSSR count). The van der Waals surface area contributed by atoms with E-state index in [1.165, 1.54) is 6.42 Å². The summed E-state index contributed by atoms with van der Waals surface area (Å²) in [5, 5.41) is 0. The van der Waals surface area contributed by atoms with Crippen molar-refractivity contribution < 1.29 is 9.47 Å². The lowest BCUT2D eigenvalue weighted by atomic mass is 9.93. The SMILES string of the molecule is COC(OC)C1(C)CCCN1C(C)(C)C. The van der Waals surface area contributed by atoms with Crippen molar-refractivity contribution in [2.75, 3.05) is 20.8 Å². The molecular formula is C12H25NO2. The smallest absolute Gasteiger partial charge is 0.174 e. The summed E-state index contributed by atoms with van der Waals surface area (Å²) < 4.78 is 10.9. The molecule has 1 atom stereocenters. The van der Waals surface area contributed by atoms with Crippen LogP contribution in [0.15, 0.2) is 0 Å². The van der Waals surface area contributed by atoms with Gasteiger partial charge in [-0.1, -0.05) is 0 Å². The van der Waals surface area contributed by atoms with Gasteiger partial charge in [-0.15, -0.1) is 0 Å². The van der Waals surface area contributed by atoms with Gasteiger partial charge in [0.2, 0.25) is 0 Å². The topological polar surface area (TPSA) is 21.7 Å². The molecule has 1 heterocycles. The molecule has 1 fully saturated rings. The minimum atomic E-state index is -0.140. The van der Waals surface area contributed by atoms with Crippen molar-refractivity contribution in [2.45, 2.75) is 57.9 Å². The predicted octanol–water partition coefficient (Wildman–Crippen LogP) is 2.26. The van der Waals surface area contributed by atoms with Crippen LogP contribution in [0.2, 0.25) is 0 Å². The van der Waals surface area contributed by atoms with E-state index in [1.807, 2.05) is 0 Å². The molecule has 1 unspecified atom stereocenters. The molecule has 1 aliphatic rings. The van der Waals surface area contributed by atoms with Gasteiger partial charge < -0.3 is 9.47 Å². The van der Waals surface area contributed by atoms with Crippen LogP contribution in [0.25, 0.3) is 0 Å². The highest BCUT2D eigenvalue weighted by Gasteiger charge is 2.48. The second kappa shape index (κ2) is 4.40. The molecule has 90 valence electrons. The summed E-state index contributed by atoms with van der Waals surface area (Å²) in [5.74, 6) is 0. The summed E-state index contributed by atoms with van der Waals surface area (Å²) in [7, 11) is 3.44. The van der Waals surface area contributed by atoms with Crippen LogP contribution in [0.1, 0.15) is 40.5 Å². The van der Waals surface area contributed by atoms with Crippen molar-refractivity contribution in [2.24, 2.45) is 0 Å². The van der Waals surface area contributed by atoms with E-state index in [0.29, 0.717) is 0 Å². The third-order valence-corrected chi connectivity index (χ3v) is 3.43. The fourth-order valence-electron chi connectivity index (χ4n) is 2.94. The third-order valence-electron chi connectivity index (χ3n) is 3.43. The number of methoxy groups -OCH3 is 2. The van der Waals surface area contributed by atoms with Crippen molar-refractivity contribution in [1.82, 2.24) is 4.90 Å². The lowest BCUT2D eigenvalue weighted by Gasteiger charge is -2.46. The molecule has 3 heteroatoms. The van der Waals surface area contributed by atoms with Gasteiger partial charge in [0.1, 0.15) is 0 Å². The minimum Gasteiger partial charge on any atom is -0.354 e. The van der Waals surface area contributed by atoms with Gasteiger partial charge in [0, 0.05) is 19.8 Å². The van der Waals surface area contributed by atoms with E-state index in [9.17, 15) is 0 Å². The molecule has 1 aliphatic heterocycles. The minimum absolute atomic E-state index is 0.00174. The monoisotopic (exact) mass is 215 g/mol. The maximum absolute atomic E-state index is 5.45. The van der Waals surface area contributed by atoms with Gasteiger partial charge in [0.05, 0.1) is 5.54 Å². The van der Waals surface area contributed by atoms with Gasteiger partial charge in [-0.2, -0.15) is 0 Å². The number of nitrogens with zero attached hydrogens (tertiary/aromatic N) is 1. The molecule has 0 saturated carbocycles. The molecule has 15 heavy (non-hydrogen) atoms. The van der Waals surface area contributed by atoms with Crippen molar-refractivity contribution in [3.8, 4) is 0 Å². The predicted molar refractivity (Wildman–Crippen MR) is 61.9 cm³/mol. The fraction of sp³-hybridized carbons (Fsp3) is 1.00. The molecule has 0 radical (unpaired) electrons. The van der Waals surface area contributed by atoms with E-state index in [-0.39, 0.29) is 17.4 Å². The van der Waals surface area contributed by atoms with Crippen LogP contribution >= 0.6 is 0 Å². The zero-order valence-electron chi connectivity index (χ0n) is 11.0. The average Bonchev–Trinajstić information content (AvgIpc) is 2.49. The Hall–Kier alpha value is -0.120. The molecule has 0 aliphatic carbocycles. The number of hydrogen-bond donors (Lipinski definition) is 0. The van der Waals surface area contributed by atoms with Crippen molar-refractivity contribution in [3.05, 3.63) is 0 Å². The number of likely N-dealkylation sites (tertiary alicyclic amines) is 1. The largest absolute Gasteiger partial charge is 0.354 e. The number of ether oxygens (including phenoxy) is 2. The molecule has 1 saturated heterocycles.